The van der Waals surface area contributed by atoms with Gasteiger partial charge >= 0.3 is 0 Å². The third-order valence-corrected chi connectivity index (χ3v) is 2.82. The maximum atomic E-state index is 12.1. The predicted molar refractivity (Wildman–Crippen MR) is 75.1 cm³/mol. The average Bonchev–Trinajstić information content (AvgIpc) is 2.34. The fourth-order valence-electron chi connectivity index (χ4n) is 2.01. The van der Waals surface area contributed by atoms with Crippen molar-refractivity contribution in [1.82, 2.24) is 9.97 Å². The van der Waals surface area contributed by atoms with Crippen LogP contribution in [0.15, 0.2) is 24.5 Å². The number of hydrogen-bond acceptors (Lipinski definition) is 4. The van der Waals surface area contributed by atoms with Crippen LogP contribution in [0.5, 0.6) is 0 Å². The Labute approximate surface area is 111 Å². The van der Waals surface area contributed by atoms with Gasteiger partial charge in [-0.25, -0.2) is 9.97 Å². The summed E-state index contributed by atoms with van der Waals surface area (Å²) in [4.78, 5) is 19.9. The number of benzene rings is 1. The van der Waals surface area contributed by atoms with Crippen LogP contribution in [-0.4, -0.2) is 15.9 Å². The summed E-state index contributed by atoms with van der Waals surface area (Å²) in [5.41, 5.74) is 9.71. The molecule has 1 amide bonds. The molecule has 5 heteroatoms. The second-order valence-corrected chi connectivity index (χ2v) is 4.55. The van der Waals surface area contributed by atoms with Gasteiger partial charge in [0.1, 0.15) is 11.5 Å². The van der Waals surface area contributed by atoms with Crippen molar-refractivity contribution in [1.29, 1.82) is 0 Å². The molecule has 2 rings (SSSR count). The van der Waals surface area contributed by atoms with E-state index >= 15 is 0 Å². The van der Waals surface area contributed by atoms with Gasteiger partial charge in [-0.2, -0.15) is 0 Å². The molecule has 0 aliphatic carbocycles. The molecule has 0 spiro atoms. The highest BCUT2D eigenvalue weighted by molar-refractivity contribution is 6.03. The molecule has 5 nitrogen and oxygen atoms in total. The van der Waals surface area contributed by atoms with Crippen LogP contribution in [-0.2, 0) is 0 Å². The van der Waals surface area contributed by atoms with Gasteiger partial charge in [0.05, 0.1) is 12.4 Å². The Morgan fingerprint density at radius 2 is 1.74 bits per heavy atom. The lowest BCUT2D eigenvalue weighted by molar-refractivity contribution is 0.102. The van der Waals surface area contributed by atoms with Crippen molar-refractivity contribution in [3.8, 4) is 0 Å². The molecule has 1 aromatic heterocycles. The number of nitrogens with zero attached hydrogens (tertiary/aromatic N) is 2. The molecular weight excluding hydrogens is 240 g/mol. The molecule has 0 unspecified atom stereocenters. The topological polar surface area (TPSA) is 80.9 Å². The zero-order valence-corrected chi connectivity index (χ0v) is 11.2. The normalized spacial score (nSPS) is 10.3. The predicted octanol–water partition coefficient (Wildman–Crippen LogP) is 2.24. The van der Waals surface area contributed by atoms with Crippen LogP contribution in [0.3, 0.4) is 0 Å². The Bertz CT molecular complexity index is 597. The minimum absolute atomic E-state index is 0.244. The summed E-state index contributed by atoms with van der Waals surface area (Å²) in [6, 6.07) is 4.05. The molecule has 3 N–H and O–H groups in total. The monoisotopic (exact) mass is 256 g/mol. The van der Waals surface area contributed by atoms with E-state index < -0.39 is 0 Å². The summed E-state index contributed by atoms with van der Waals surface area (Å²) >= 11 is 0. The Kier molecular flexibility index (Phi) is 3.46. The second kappa shape index (κ2) is 5.06. The van der Waals surface area contributed by atoms with Crippen molar-refractivity contribution in [2.24, 2.45) is 0 Å². The van der Waals surface area contributed by atoms with Gasteiger partial charge in [0.15, 0.2) is 0 Å². The van der Waals surface area contributed by atoms with Crippen molar-refractivity contribution < 1.29 is 4.79 Å². The number of aromatic nitrogens is 2. The van der Waals surface area contributed by atoms with Gasteiger partial charge in [0.2, 0.25) is 0 Å². The van der Waals surface area contributed by atoms with Crippen LogP contribution in [0.2, 0.25) is 0 Å². The van der Waals surface area contributed by atoms with Crippen molar-refractivity contribution >= 4 is 17.4 Å². The maximum absolute atomic E-state index is 12.1. The third kappa shape index (κ3) is 2.88. The lowest BCUT2D eigenvalue weighted by Crippen LogP contribution is -2.16. The van der Waals surface area contributed by atoms with Crippen LogP contribution < -0.4 is 11.1 Å². The molecule has 0 saturated carbocycles. The molecule has 0 aliphatic rings. The standard InChI is InChI=1S/C14H16N4O/c1-8-4-9(2)13(10(3)5-8)18-14(19)11-6-17-12(15)7-16-11/h4-7H,1-3H3,(H2,15,17)(H,18,19). The largest absolute Gasteiger partial charge is 0.382 e. The van der Waals surface area contributed by atoms with E-state index in [0.29, 0.717) is 5.82 Å². The van der Waals surface area contributed by atoms with Crippen LogP contribution in [0, 0.1) is 20.8 Å². The van der Waals surface area contributed by atoms with E-state index in [1.54, 1.807) is 0 Å². The summed E-state index contributed by atoms with van der Waals surface area (Å²) in [5, 5.41) is 2.86. The molecule has 0 saturated heterocycles. The van der Waals surface area contributed by atoms with E-state index in [2.05, 4.69) is 15.3 Å². The highest BCUT2D eigenvalue weighted by Gasteiger charge is 2.11. The minimum atomic E-state index is -0.289. The van der Waals surface area contributed by atoms with E-state index in [1.165, 1.54) is 18.0 Å². The molecule has 19 heavy (non-hydrogen) atoms. The number of hydrogen-bond donors (Lipinski definition) is 2. The zero-order chi connectivity index (χ0) is 14.0. The van der Waals surface area contributed by atoms with Crippen LogP contribution in [0.4, 0.5) is 11.5 Å². The van der Waals surface area contributed by atoms with E-state index in [4.69, 9.17) is 5.73 Å². The lowest BCUT2D eigenvalue weighted by atomic mass is 10.1. The second-order valence-electron chi connectivity index (χ2n) is 4.55. The first kappa shape index (κ1) is 13.0. The first-order valence-electron chi connectivity index (χ1n) is 5.94. The van der Waals surface area contributed by atoms with Gasteiger partial charge in [-0.15, -0.1) is 0 Å². The molecule has 2 aromatic rings. The van der Waals surface area contributed by atoms with Gasteiger partial charge in [0, 0.05) is 5.69 Å². The number of amides is 1. The maximum Gasteiger partial charge on any atom is 0.275 e. The van der Waals surface area contributed by atoms with Gasteiger partial charge in [-0.1, -0.05) is 17.7 Å². The number of nitrogens with one attached hydrogen (secondary N) is 1. The Hall–Kier alpha value is -2.43. The van der Waals surface area contributed by atoms with E-state index in [0.717, 1.165) is 16.8 Å². The van der Waals surface area contributed by atoms with E-state index in [9.17, 15) is 4.79 Å². The molecule has 0 fully saturated rings. The molecular formula is C14H16N4O. The lowest BCUT2D eigenvalue weighted by Gasteiger charge is -2.12. The zero-order valence-electron chi connectivity index (χ0n) is 11.2. The molecule has 0 radical (unpaired) electrons. The van der Waals surface area contributed by atoms with Crippen molar-refractivity contribution in [3.63, 3.8) is 0 Å². The van der Waals surface area contributed by atoms with Crippen molar-refractivity contribution in [2.75, 3.05) is 11.1 Å². The number of aryl methyl sites for hydroxylation is 3. The molecule has 0 bridgehead atoms. The Morgan fingerprint density at radius 1 is 1.11 bits per heavy atom. The summed E-state index contributed by atoms with van der Waals surface area (Å²) in [7, 11) is 0. The average molecular weight is 256 g/mol. The van der Waals surface area contributed by atoms with Crippen LogP contribution in [0.1, 0.15) is 27.2 Å². The molecule has 1 aromatic carbocycles. The summed E-state index contributed by atoms with van der Waals surface area (Å²) < 4.78 is 0. The first-order chi connectivity index (χ1) is 8.97. The number of nitrogen functional groups attached to an aromatic ring is 1. The van der Waals surface area contributed by atoms with Crippen LogP contribution in [0.25, 0.3) is 0 Å². The summed E-state index contributed by atoms with van der Waals surface area (Å²) in [6.45, 7) is 5.95. The van der Waals surface area contributed by atoms with Gasteiger partial charge in [-0.3, -0.25) is 4.79 Å². The van der Waals surface area contributed by atoms with Gasteiger partial charge < -0.3 is 11.1 Å². The van der Waals surface area contributed by atoms with Crippen LogP contribution >= 0.6 is 0 Å². The number of carbonyl (C=O) groups excluding carboxylic acids is 1. The van der Waals surface area contributed by atoms with Gasteiger partial charge in [-0.05, 0) is 31.9 Å². The molecule has 98 valence electrons. The fourth-order valence-corrected chi connectivity index (χ4v) is 2.01. The third-order valence-electron chi connectivity index (χ3n) is 2.82. The summed E-state index contributed by atoms with van der Waals surface area (Å²) in [5.74, 6) is 0.00167. The van der Waals surface area contributed by atoms with Crippen molar-refractivity contribution in [2.45, 2.75) is 20.8 Å². The molecule has 1 heterocycles. The quantitative estimate of drug-likeness (QED) is 0.863. The molecule has 0 aliphatic heterocycles. The number of nitrogens with two attached hydrogens (primary N) is 1. The van der Waals surface area contributed by atoms with E-state index in [1.807, 2.05) is 32.9 Å². The fraction of sp³-hybridized carbons (Fsp3) is 0.214. The number of rotatable bonds is 2. The number of carbonyl (C=O) groups is 1. The SMILES string of the molecule is Cc1cc(C)c(NC(=O)c2cnc(N)cn2)c(C)c1. The Morgan fingerprint density at radius 3 is 2.26 bits per heavy atom. The number of anilines is 2. The van der Waals surface area contributed by atoms with E-state index in [-0.39, 0.29) is 11.6 Å². The first-order valence-corrected chi connectivity index (χ1v) is 5.94. The highest BCUT2D eigenvalue weighted by atomic mass is 16.1. The van der Waals surface area contributed by atoms with Gasteiger partial charge in [0.25, 0.3) is 5.91 Å². The smallest absolute Gasteiger partial charge is 0.275 e. The Balaban J connectivity index is 2.26. The highest BCUT2D eigenvalue weighted by Crippen LogP contribution is 2.22. The minimum Gasteiger partial charge on any atom is -0.382 e. The molecule has 0 atom stereocenters. The summed E-state index contributed by atoms with van der Waals surface area (Å²) in [6.07, 6.45) is 2.73. The van der Waals surface area contributed by atoms with Crippen molar-refractivity contribution in [3.05, 3.63) is 46.9 Å².